The number of rotatable bonds is 5. The quantitative estimate of drug-likeness (QED) is 0.730. The number of hydrogen-bond acceptors (Lipinski definition) is 4. The van der Waals surface area contributed by atoms with Crippen molar-refractivity contribution in [3.05, 3.63) is 82.8 Å². The Labute approximate surface area is 157 Å². The van der Waals surface area contributed by atoms with Crippen LogP contribution in [-0.2, 0) is 6.54 Å². The van der Waals surface area contributed by atoms with Crippen LogP contribution in [0.4, 0.5) is 11.5 Å². The van der Waals surface area contributed by atoms with Crippen LogP contribution < -0.4 is 10.2 Å². The van der Waals surface area contributed by atoms with E-state index in [1.165, 1.54) is 0 Å². The van der Waals surface area contributed by atoms with Gasteiger partial charge in [-0.3, -0.25) is 4.79 Å². The highest BCUT2D eigenvalue weighted by molar-refractivity contribution is 6.33. The molecule has 26 heavy (non-hydrogen) atoms. The summed E-state index contributed by atoms with van der Waals surface area (Å²) in [5.74, 6) is 0.898. The van der Waals surface area contributed by atoms with Gasteiger partial charge in [0.05, 0.1) is 10.7 Å². The Morgan fingerprint density at radius 2 is 1.77 bits per heavy atom. The lowest BCUT2D eigenvalue weighted by Gasteiger charge is -2.19. The van der Waals surface area contributed by atoms with Gasteiger partial charge >= 0.3 is 0 Å². The normalized spacial score (nSPS) is 10.4. The molecule has 3 aromatic rings. The molecule has 0 unspecified atom stereocenters. The van der Waals surface area contributed by atoms with Gasteiger partial charge in [0.15, 0.2) is 0 Å². The SMILES string of the molecule is Cc1nc(C(=O)Nc2ccccc2Cl)cc(N(C)Cc2ccccc2)n1. The Kier molecular flexibility index (Phi) is 5.49. The summed E-state index contributed by atoms with van der Waals surface area (Å²) in [4.78, 5) is 23.3. The lowest BCUT2D eigenvalue weighted by molar-refractivity contribution is 0.102. The fraction of sp³-hybridized carbons (Fsp3) is 0.150. The third-order valence-electron chi connectivity index (χ3n) is 3.83. The van der Waals surface area contributed by atoms with Crippen molar-refractivity contribution in [3.63, 3.8) is 0 Å². The minimum atomic E-state index is -0.321. The lowest BCUT2D eigenvalue weighted by Crippen LogP contribution is -2.21. The first-order valence-corrected chi connectivity index (χ1v) is 8.57. The Balaban J connectivity index is 1.81. The number of aromatic nitrogens is 2. The van der Waals surface area contributed by atoms with Crippen LogP contribution >= 0.6 is 11.6 Å². The summed E-state index contributed by atoms with van der Waals surface area (Å²) in [6, 6.07) is 18.9. The lowest BCUT2D eigenvalue weighted by atomic mass is 10.2. The zero-order valence-electron chi connectivity index (χ0n) is 14.6. The average molecular weight is 367 g/mol. The molecule has 0 atom stereocenters. The van der Waals surface area contributed by atoms with E-state index in [0.29, 0.717) is 34.6 Å². The predicted molar refractivity (Wildman–Crippen MR) is 105 cm³/mol. The fourth-order valence-corrected chi connectivity index (χ4v) is 2.73. The Hall–Kier alpha value is -2.92. The molecule has 0 spiro atoms. The van der Waals surface area contributed by atoms with Crippen LogP contribution in [0.1, 0.15) is 21.9 Å². The van der Waals surface area contributed by atoms with Crippen molar-refractivity contribution in [1.82, 2.24) is 9.97 Å². The van der Waals surface area contributed by atoms with Gasteiger partial charge in [0.1, 0.15) is 17.3 Å². The molecule has 132 valence electrons. The molecule has 0 saturated carbocycles. The van der Waals surface area contributed by atoms with Crippen molar-refractivity contribution in [2.75, 3.05) is 17.3 Å². The van der Waals surface area contributed by atoms with E-state index >= 15 is 0 Å². The standard InChI is InChI=1S/C20H19ClN4O/c1-14-22-18(20(26)24-17-11-7-6-10-16(17)21)12-19(23-14)25(2)13-15-8-4-3-5-9-15/h3-12H,13H2,1-2H3,(H,24,26). The third kappa shape index (κ3) is 4.37. The molecule has 0 aliphatic rings. The monoisotopic (exact) mass is 366 g/mol. The molecule has 1 amide bonds. The van der Waals surface area contributed by atoms with Gasteiger partial charge in [0.25, 0.3) is 5.91 Å². The second-order valence-corrected chi connectivity index (χ2v) is 6.34. The largest absolute Gasteiger partial charge is 0.355 e. The summed E-state index contributed by atoms with van der Waals surface area (Å²) in [6.45, 7) is 2.45. The summed E-state index contributed by atoms with van der Waals surface area (Å²) in [6.07, 6.45) is 0. The van der Waals surface area contributed by atoms with Crippen molar-refractivity contribution in [2.45, 2.75) is 13.5 Å². The summed E-state index contributed by atoms with van der Waals surface area (Å²) in [5.41, 5.74) is 2.01. The Morgan fingerprint density at radius 3 is 2.50 bits per heavy atom. The van der Waals surface area contributed by atoms with Gasteiger partial charge in [0.2, 0.25) is 0 Å². The smallest absolute Gasteiger partial charge is 0.274 e. The number of aryl methyl sites for hydroxylation is 1. The van der Waals surface area contributed by atoms with Crippen molar-refractivity contribution in [1.29, 1.82) is 0 Å². The molecule has 0 aliphatic carbocycles. The fourth-order valence-electron chi connectivity index (χ4n) is 2.55. The number of halogens is 1. The van der Waals surface area contributed by atoms with E-state index in [4.69, 9.17) is 11.6 Å². The molecule has 0 saturated heterocycles. The van der Waals surface area contributed by atoms with E-state index in [9.17, 15) is 4.79 Å². The van der Waals surface area contributed by atoms with Gasteiger partial charge in [-0.1, -0.05) is 54.1 Å². The van der Waals surface area contributed by atoms with E-state index in [2.05, 4.69) is 27.4 Å². The first-order valence-electron chi connectivity index (χ1n) is 8.19. The Bertz CT molecular complexity index is 915. The summed E-state index contributed by atoms with van der Waals surface area (Å²) >= 11 is 6.10. The average Bonchev–Trinajstić information content (AvgIpc) is 2.64. The molecule has 3 rings (SSSR count). The van der Waals surface area contributed by atoms with E-state index < -0.39 is 0 Å². The molecule has 1 N–H and O–H groups in total. The zero-order chi connectivity index (χ0) is 18.5. The van der Waals surface area contributed by atoms with Gasteiger partial charge in [-0.25, -0.2) is 9.97 Å². The number of nitrogens with zero attached hydrogens (tertiary/aromatic N) is 3. The first-order chi connectivity index (χ1) is 12.5. The number of nitrogens with one attached hydrogen (secondary N) is 1. The molecular weight excluding hydrogens is 348 g/mol. The third-order valence-corrected chi connectivity index (χ3v) is 4.16. The highest BCUT2D eigenvalue weighted by Crippen LogP contribution is 2.21. The van der Waals surface area contributed by atoms with Gasteiger partial charge in [-0.2, -0.15) is 0 Å². The van der Waals surface area contributed by atoms with Gasteiger partial charge < -0.3 is 10.2 Å². The number of carbonyl (C=O) groups excluding carboxylic acids is 1. The highest BCUT2D eigenvalue weighted by Gasteiger charge is 2.14. The van der Waals surface area contributed by atoms with Crippen LogP contribution in [0.2, 0.25) is 5.02 Å². The van der Waals surface area contributed by atoms with Crippen molar-refractivity contribution < 1.29 is 4.79 Å². The van der Waals surface area contributed by atoms with Crippen LogP contribution in [0.25, 0.3) is 0 Å². The second-order valence-electron chi connectivity index (χ2n) is 5.93. The number of amides is 1. The maximum absolute atomic E-state index is 12.6. The van der Waals surface area contributed by atoms with Crippen LogP contribution in [0.3, 0.4) is 0 Å². The van der Waals surface area contributed by atoms with Gasteiger partial charge in [-0.05, 0) is 24.6 Å². The van der Waals surface area contributed by atoms with E-state index in [1.54, 1.807) is 25.1 Å². The molecular formula is C20H19ClN4O. The van der Waals surface area contributed by atoms with Crippen LogP contribution in [0.15, 0.2) is 60.7 Å². The maximum atomic E-state index is 12.6. The highest BCUT2D eigenvalue weighted by atomic mass is 35.5. The zero-order valence-corrected chi connectivity index (χ0v) is 15.4. The molecule has 0 fully saturated rings. The molecule has 0 aliphatic heterocycles. The molecule has 5 nitrogen and oxygen atoms in total. The van der Waals surface area contributed by atoms with E-state index in [0.717, 1.165) is 5.56 Å². The van der Waals surface area contributed by atoms with Gasteiger partial charge in [0, 0.05) is 19.7 Å². The van der Waals surface area contributed by atoms with Crippen LogP contribution in [0.5, 0.6) is 0 Å². The van der Waals surface area contributed by atoms with Crippen LogP contribution in [-0.4, -0.2) is 22.9 Å². The number of para-hydroxylation sites is 1. The van der Waals surface area contributed by atoms with Crippen molar-refractivity contribution >= 4 is 29.0 Å². The maximum Gasteiger partial charge on any atom is 0.274 e. The number of hydrogen-bond donors (Lipinski definition) is 1. The van der Waals surface area contributed by atoms with Crippen LogP contribution in [0, 0.1) is 6.92 Å². The molecule has 6 heteroatoms. The molecule has 1 heterocycles. The summed E-state index contributed by atoms with van der Waals surface area (Å²) in [5, 5.41) is 3.27. The van der Waals surface area contributed by atoms with Crippen molar-refractivity contribution in [2.24, 2.45) is 0 Å². The van der Waals surface area contributed by atoms with E-state index in [1.807, 2.05) is 42.3 Å². The number of carbonyl (C=O) groups is 1. The molecule has 2 aromatic carbocycles. The summed E-state index contributed by atoms with van der Waals surface area (Å²) in [7, 11) is 1.94. The van der Waals surface area contributed by atoms with E-state index in [-0.39, 0.29) is 5.91 Å². The number of benzene rings is 2. The second kappa shape index (κ2) is 7.97. The topological polar surface area (TPSA) is 58.1 Å². The predicted octanol–water partition coefficient (Wildman–Crippen LogP) is 4.33. The first kappa shape index (κ1) is 17.9. The van der Waals surface area contributed by atoms with Gasteiger partial charge in [-0.15, -0.1) is 0 Å². The Morgan fingerprint density at radius 1 is 1.08 bits per heavy atom. The summed E-state index contributed by atoms with van der Waals surface area (Å²) < 4.78 is 0. The number of anilines is 2. The molecule has 0 radical (unpaired) electrons. The van der Waals surface area contributed by atoms with Crippen molar-refractivity contribution in [3.8, 4) is 0 Å². The minimum Gasteiger partial charge on any atom is -0.355 e. The minimum absolute atomic E-state index is 0.298. The molecule has 0 bridgehead atoms. The molecule has 1 aromatic heterocycles.